The number of benzene rings is 2. The summed E-state index contributed by atoms with van der Waals surface area (Å²) in [7, 11) is -3.49. The minimum absolute atomic E-state index is 0.234. The Labute approximate surface area is 135 Å². The fraction of sp³-hybridized carbons (Fsp3) is 0.118. The van der Waals surface area contributed by atoms with Crippen LogP contribution in [0.15, 0.2) is 67.3 Å². The number of hydrogen-bond acceptors (Lipinski definition) is 4. The Morgan fingerprint density at radius 2 is 1.74 bits per heavy atom. The summed E-state index contributed by atoms with van der Waals surface area (Å²) >= 11 is 0. The van der Waals surface area contributed by atoms with Gasteiger partial charge in [0.05, 0.1) is 11.4 Å². The Bertz CT molecular complexity index is 785. The lowest BCUT2D eigenvalue weighted by atomic mass is 10.3. The lowest BCUT2D eigenvalue weighted by Crippen LogP contribution is -2.24. The van der Waals surface area contributed by atoms with Gasteiger partial charge in [-0.1, -0.05) is 36.4 Å². The van der Waals surface area contributed by atoms with E-state index in [0.717, 1.165) is 0 Å². The van der Waals surface area contributed by atoms with Crippen molar-refractivity contribution < 1.29 is 17.9 Å². The van der Waals surface area contributed by atoms with Crippen LogP contribution in [0.5, 0.6) is 11.5 Å². The van der Waals surface area contributed by atoms with Crippen LogP contribution in [-0.2, 0) is 14.6 Å². The van der Waals surface area contributed by atoms with Gasteiger partial charge in [0.15, 0.2) is 15.6 Å². The second-order valence-electron chi connectivity index (χ2n) is 4.80. The molecule has 0 unspecified atom stereocenters. The van der Waals surface area contributed by atoms with Crippen LogP contribution in [0.3, 0.4) is 0 Å². The van der Waals surface area contributed by atoms with Gasteiger partial charge in [-0.2, -0.15) is 0 Å². The number of anilines is 1. The van der Waals surface area contributed by atoms with E-state index in [9.17, 15) is 13.2 Å². The van der Waals surface area contributed by atoms with Gasteiger partial charge in [-0.05, 0) is 24.3 Å². The van der Waals surface area contributed by atoms with Gasteiger partial charge >= 0.3 is 0 Å². The fourth-order valence-electron chi connectivity index (χ4n) is 1.90. The van der Waals surface area contributed by atoms with Gasteiger partial charge in [-0.25, -0.2) is 8.42 Å². The van der Waals surface area contributed by atoms with Crippen molar-refractivity contribution in [2.75, 3.05) is 16.8 Å². The highest BCUT2D eigenvalue weighted by Gasteiger charge is 2.16. The molecule has 0 saturated heterocycles. The van der Waals surface area contributed by atoms with Crippen LogP contribution in [-0.4, -0.2) is 25.8 Å². The van der Waals surface area contributed by atoms with Crippen LogP contribution in [0.4, 0.5) is 5.69 Å². The van der Waals surface area contributed by atoms with E-state index in [4.69, 9.17) is 4.74 Å². The quantitative estimate of drug-likeness (QED) is 0.792. The van der Waals surface area contributed by atoms with Crippen molar-refractivity contribution >= 4 is 21.4 Å². The zero-order valence-electron chi connectivity index (χ0n) is 12.4. The molecule has 0 aliphatic heterocycles. The number of carbonyl (C=O) groups excluding carboxylic acids is 1. The third-order valence-corrected chi connectivity index (χ3v) is 4.30. The van der Waals surface area contributed by atoms with Gasteiger partial charge in [-0.3, -0.25) is 4.79 Å². The third-order valence-electron chi connectivity index (χ3n) is 2.85. The predicted molar refractivity (Wildman–Crippen MR) is 90.4 cm³/mol. The van der Waals surface area contributed by atoms with Crippen LogP contribution in [0.2, 0.25) is 0 Å². The molecular formula is C17H17NO4S. The lowest BCUT2D eigenvalue weighted by Gasteiger charge is -2.12. The topological polar surface area (TPSA) is 72.5 Å². The number of sulfone groups is 1. The Morgan fingerprint density at radius 1 is 1.09 bits per heavy atom. The molecule has 1 amide bonds. The molecule has 0 spiro atoms. The molecular weight excluding hydrogens is 314 g/mol. The SMILES string of the molecule is C=CCS(=O)(=O)CC(=O)Nc1ccccc1Oc1ccccc1. The number of carbonyl (C=O) groups is 1. The van der Waals surface area contributed by atoms with E-state index in [1.165, 1.54) is 6.08 Å². The lowest BCUT2D eigenvalue weighted by molar-refractivity contribution is -0.113. The molecule has 0 heterocycles. The molecule has 0 radical (unpaired) electrons. The van der Waals surface area contributed by atoms with Crippen LogP contribution in [0.25, 0.3) is 0 Å². The molecule has 0 aliphatic carbocycles. The smallest absolute Gasteiger partial charge is 0.239 e. The standard InChI is InChI=1S/C17H17NO4S/c1-2-12-23(20,21)13-17(19)18-15-10-6-7-11-16(15)22-14-8-4-3-5-9-14/h2-11H,1,12-13H2,(H,18,19). The molecule has 0 saturated carbocycles. The Balaban J connectivity index is 2.11. The number of para-hydroxylation sites is 3. The van der Waals surface area contributed by atoms with Gasteiger partial charge in [0.2, 0.25) is 5.91 Å². The fourth-order valence-corrected chi connectivity index (χ4v) is 2.85. The maximum Gasteiger partial charge on any atom is 0.239 e. The van der Waals surface area contributed by atoms with E-state index in [0.29, 0.717) is 17.2 Å². The summed E-state index contributed by atoms with van der Waals surface area (Å²) in [5.41, 5.74) is 0.412. The first-order chi connectivity index (χ1) is 11.0. The average molecular weight is 331 g/mol. The molecule has 120 valence electrons. The zero-order valence-corrected chi connectivity index (χ0v) is 13.3. The minimum Gasteiger partial charge on any atom is -0.455 e. The van der Waals surface area contributed by atoms with Crippen molar-refractivity contribution in [3.8, 4) is 11.5 Å². The third kappa shape index (κ3) is 5.27. The number of rotatable bonds is 7. The molecule has 6 heteroatoms. The van der Waals surface area contributed by atoms with Crippen molar-refractivity contribution in [1.29, 1.82) is 0 Å². The second kappa shape index (κ2) is 7.60. The summed E-state index contributed by atoms with van der Waals surface area (Å²) in [6.45, 7) is 3.37. The summed E-state index contributed by atoms with van der Waals surface area (Å²) in [6, 6.07) is 15.9. The molecule has 0 aromatic heterocycles. The van der Waals surface area contributed by atoms with Crippen molar-refractivity contribution in [1.82, 2.24) is 0 Å². The minimum atomic E-state index is -3.49. The summed E-state index contributed by atoms with van der Waals surface area (Å²) < 4.78 is 29.0. The molecule has 2 rings (SSSR count). The van der Waals surface area contributed by atoms with E-state index in [-0.39, 0.29) is 5.75 Å². The molecule has 2 aromatic rings. The first-order valence-corrected chi connectivity index (χ1v) is 8.75. The molecule has 0 aliphatic rings. The Hall–Kier alpha value is -2.60. The Kier molecular flexibility index (Phi) is 5.54. The second-order valence-corrected chi connectivity index (χ2v) is 6.91. The van der Waals surface area contributed by atoms with E-state index < -0.39 is 21.5 Å². The van der Waals surface area contributed by atoms with E-state index in [1.807, 2.05) is 18.2 Å². The summed E-state index contributed by atoms with van der Waals surface area (Å²) in [4.78, 5) is 11.9. The van der Waals surface area contributed by atoms with E-state index >= 15 is 0 Å². The van der Waals surface area contributed by atoms with Crippen molar-refractivity contribution in [3.05, 3.63) is 67.3 Å². The maximum atomic E-state index is 11.9. The van der Waals surface area contributed by atoms with Crippen LogP contribution in [0.1, 0.15) is 0 Å². The van der Waals surface area contributed by atoms with Crippen LogP contribution in [0, 0.1) is 0 Å². The van der Waals surface area contributed by atoms with Crippen LogP contribution < -0.4 is 10.1 Å². The summed E-state index contributed by atoms with van der Waals surface area (Å²) in [6.07, 6.45) is 1.26. The van der Waals surface area contributed by atoms with Gasteiger partial charge in [0.25, 0.3) is 0 Å². The predicted octanol–water partition coefficient (Wildman–Crippen LogP) is 3.02. The van der Waals surface area contributed by atoms with E-state index in [2.05, 4.69) is 11.9 Å². The highest BCUT2D eigenvalue weighted by molar-refractivity contribution is 7.92. The molecule has 1 N–H and O–H groups in total. The highest BCUT2D eigenvalue weighted by atomic mass is 32.2. The molecule has 5 nitrogen and oxygen atoms in total. The van der Waals surface area contributed by atoms with Crippen molar-refractivity contribution in [2.24, 2.45) is 0 Å². The largest absolute Gasteiger partial charge is 0.455 e. The number of hydrogen-bond donors (Lipinski definition) is 1. The first kappa shape index (κ1) is 16.8. The summed E-state index contributed by atoms with van der Waals surface area (Å²) in [5.74, 6) is -0.390. The summed E-state index contributed by atoms with van der Waals surface area (Å²) in [5, 5.41) is 2.57. The number of amides is 1. The highest BCUT2D eigenvalue weighted by Crippen LogP contribution is 2.29. The Morgan fingerprint density at radius 3 is 2.43 bits per heavy atom. The first-order valence-electron chi connectivity index (χ1n) is 6.93. The van der Waals surface area contributed by atoms with Gasteiger partial charge < -0.3 is 10.1 Å². The van der Waals surface area contributed by atoms with Gasteiger partial charge in [0, 0.05) is 0 Å². The molecule has 0 bridgehead atoms. The average Bonchev–Trinajstić information content (AvgIpc) is 2.49. The maximum absolute atomic E-state index is 11.9. The molecule has 0 atom stereocenters. The normalized spacial score (nSPS) is 10.8. The van der Waals surface area contributed by atoms with Crippen molar-refractivity contribution in [2.45, 2.75) is 0 Å². The zero-order chi connectivity index (χ0) is 16.7. The molecule has 2 aromatic carbocycles. The van der Waals surface area contributed by atoms with Gasteiger partial charge in [0.1, 0.15) is 11.5 Å². The number of nitrogens with one attached hydrogen (secondary N) is 1. The van der Waals surface area contributed by atoms with E-state index in [1.54, 1.807) is 36.4 Å². The monoisotopic (exact) mass is 331 g/mol. The van der Waals surface area contributed by atoms with Crippen LogP contribution >= 0.6 is 0 Å². The molecule has 0 fully saturated rings. The van der Waals surface area contributed by atoms with Crippen molar-refractivity contribution in [3.63, 3.8) is 0 Å². The van der Waals surface area contributed by atoms with Gasteiger partial charge in [-0.15, -0.1) is 6.58 Å². The molecule has 23 heavy (non-hydrogen) atoms. The number of ether oxygens (including phenoxy) is 1.